The van der Waals surface area contributed by atoms with Crippen LogP contribution in [0.4, 0.5) is 11.4 Å². The number of benzene rings is 2. The van der Waals surface area contributed by atoms with Gasteiger partial charge in [-0.3, -0.25) is 20.2 Å². The Morgan fingerprint density at radius 2 is 1.31 bits per heavy atom. The van der Waals surface area contributed by atoms with Crippen molar-refractivity contribution >= 4 is 23.3 Å². The Hall–Kier alpha value is -3.82. The largest absolute Gasteiger partial charge is 0.478 e. The summed E-state index contributed by atoms with van der Waals surface area (Å²) in [5.74, 6) is -1.68. The maximum atomic E-state index is 11.3. The number of nitrogens with zero attached hydrogens (tertiary/aromatic N) is 2. The van der Waals surface area contributed by atoms with E-state index < -0.39 is 21.8 Å². The lowest BCUT2D eigenvalue weighted by Gasteiger charge is -2.04. The van der Waals surface area contributed by atoms with Gasteiger partial charge in [0.25, 0.3) is 11.4 Å². The molecule has 0 atom stereocenters. The molecule has 0 bridgehead atoms. The van der Waals surface area contributed by atoms with Crippen LogP contribution in [0.3, 0.4) is 0 Å². The quantitative estimate of drug-likeness (QED) is 0.434. The second kappa shape index (κ2) is 10.5. The number of carbonyl (C=O) groups is 2. The smallest absolute Gasteiger partial charge is 0.338 e. The Morgan fingerprint density at radius 1 is 0.897 bits per heavy atom. The van der Waals surface area contributed by atoms with E-state index in [1.807, 2.05) is 6.92 Å². The molecule has 2 aromatic rings. The normalized spacial score (nSPS) is 9.76. The topological polar surface area (TPSA) is 150 Å². The number of hydrogen-bond acceptors (Lipinski definition) is 7. The van der Waals surface area contributed by atoms with Crippen molar-refractivity contribution in [2.24, 2.45) is 0 Å². The zero-order valence-electron chi connectivity index (χ0n) is 16.1. The number of methoxy groups -OCH3 is 1. The molecule has 0 amide bonds. The zero-order valence-corrected chi connectivity index (χ0v) is 16.1. The van der Waals surface area contributed by atoms with Gasteiger partial charge in [0.15, 0.2) is 0 Å². The fourth-order valence-electron chi connectivity index (χ4n) is 2.47. The lowest BCUT2D eigenvalue weighted by atomic mass is 10.0. The van der Waals surface area contributed by atoms with E-state index in [-0.39, 0.29) is 22.5 Å². The number of nitro groups is 2. The minimum atomic E-state index is -1.13. The summed E-state index contributed by atoms with van der Waals surface area (Å²) >= 11 is 0. The molecule has 2 rings (SSSR count). The Kier molecular flexibility index (Phi) is 8.41. The molecule has 10 nitrogen and oxygen atoms in total. The van der Waals surface area contributed by atoms with Crippen LogP contribution in [0.1, 0.15) is 45.7 Å². The molecule has 10 heteroatoms. The number of hydrogen-bond donors (Lipinski definition) is 1. The van der Waals surface area contributed by atoms with Crippen LogP contribution in [-0.2, 0) is 17.6 Å². The summed E-state index contributed by atoms with van der Waals surface area (Å²) in [4.78, 5) is 41.8. The van der Waals surface area contributed by atoms with Gasteiger partial charge in [0, 0.05) is 24.3 Å². The van der Waals surface area contributed by atoms with Crippen LogP contribution in [0, 0.1) is 20.2 Å². The van der Waals surface area contributed by atoms with Gasteiger partial charge >= 0.3 is 11.9 Å². The highest BCUT2D eigenvalue weighted by molar-refractivity contribution is 5.92. The molecule has 0 unspecified atom stereocenters. The Bertz CT molecular complexity index is 940. The zero-order chi connectivity index (χ0) is 22.1. The maximum absolute atomic E-state index is 11.3. The van der Waals surface area contributed by atoms with Crippen molar-refractivity contribution in [3.05, 3.63) is 78.9 Å². The van der Waals surface area contributed by atoms with Gasteiger partial charge in [0.2, 0.25) is 0 Å². The second-order valence-corrected chi connectivity index (χ2v) is 5.70. The molecule has 0 aromatic heterocycles. The van der Waals surface area contributed by atoms with Gasteiger partial charge in [-0.1, -0.05) is 26.0 Å². The maximum Gasteiger partial charge on any atom is 0.338 e. The number of non-ortho nitro benzene ring substituents is 2. The van der Waals surface area contributed by atoms with E-state index >= 15 is 0 Å². The van der Waals surface area contributed by atoms with Crippen molar-refractivity contribution in [2.45, 2.75) is 26.7 Å². The molecular weight excluding hydrogens is 384 g/mol. The summed E-state index contributed by atoms with van der Waals surface area (Å²) in [6.07, 6.45) is 1.17. The van der Waals surface area contributed by atoms with E-state index in [1.54, 1.807) is 13.0 Å². The fourth-order valence-corrected chi connectivity index (χ4v) is 2.47. The lowest BCUT2D eigenvalue weighted by molar-refractivity contribution is -0.385. The number of rotatable bonds is 6. The monoisotopic (exact) mass is 404 g/mol. The molecule has 0 aliphatic rings. The van der Waals surface area contributed by atoms with Gasteiger partial charge in [-0.2, -0.15) is 0 Å². The summed E-state index contributed by atoms with van der Waals surface area (Å²) in [5, 5.41) is 29.7. The number of carbonyl (C=O) groups excluding carboxylic acids is 1. The minimum absolute atomic E-state index is 0.00157. The van der Waals surface area contributed by atoms with Crippen LogP contribution in [0.15, 0.2) is 36.4 Å². The number of aromatic carboxylic acids is 1. The van der Waals surface area contributed by atoms with Crippen molar-refractivity contribution in [3.8, 4) is 0 Å². The number of esters is 1. The molecule has 0 radical (unpaired) electrons. The van der Waals surface area contributed by atoms with Crippen molar-refractivity contribution in [3.63, 3.8) is 0 Å². The van der Waals surface area contributed by atoms with E-state index in [0.29, 0.717) is 18.4 Å². The third kappa shape index (κ3) is 6.09. The highest BCUT2D eigenvalue weighted by atomic mass is 16.6. The standard InChI is InChI=1S/C10H11NO4.C9H9NO4/c1-3-7-4-5-8(11(13)14)6-9(7)10(12)15-2;1-2-6-3-4-7(10(13)14)5-8(6)9(11)12/h4-6H,3H2,1-2H3;3-5H,2H2,1H3,(H,11,12). The van der Waals surface area contributed by atoms with Crippen molar-refractivity contribution in [2.75, 3.05) is 7.11 Å². The average Bonchev–Trinajstić information content (AvgIpc) is 2.72. The molecular formula is C19H20N2O8. The first kappa shape index (κ1) is 23.2. The molecule has 0 saturated carbocycles. The number of aryl methyl sites for hydroxylation is 2. The van der Waals surface area contributed by atoms with E-state index in [9.17, 15) is 29.8 Å². The molecule has 154 valence electrons. The molecule has 2 aromatic carbocycles. The van der Waals surface area contributed by atoms with E-state index in [2.05, 4.69) is 4.74 Å². The van der Waals surface area contributed by atoms with Gasteiger partial charge in [-0.15, -0.1) is 0 Å². The molecule has 29 heavy (non-hydrogen) atoms. The Balaban J connectivity index is 0.000000291. The molecule has 0 fully saturated rings. The molecule has 0 saturated heterocycles. The van der Waals surface area contributed by atoms with Crippen LogP contribution in [0.2, 0.25) is 0 Å². The highest BCUT2D eigenvalue weighted by Gasteiger charge is 2.16. The van der Waals surface area contributed by atoms with Crippen LogP contribution in [-0.4, -0.2) is 34.0 Å². The number of ether oxygens (including phenoxy) is 1. The predicted molar refractivity (Wildman–Crippen MR) is 103 cm³/mol. The first-order valence-electron chi connectivity index (χ1n) is 8.52. The summed E-state index contributed by atoms with van der Waals surface area (Å²) in [5.41, 5.74) is 1.30. The van der Waals surface area contributed by atoms with E-state index in [1.165, 1.54) is 31.4 Å². The van der Waals surface area contributed by atoms with Gasteiger partial charge in [-0.05, 0) is 24.0 Å². The summed E-state index contributed by atoms with van der Waals surface area (Å²) in [6.45, 7) is 3.67. The van der Waals surface area contributed by atoms with Crippen LogP contribution in [0.5, 0.6) is 0 Å². The second-order valence-electron chi connectivity index (χ2n) is 5.70. The number of carboxylic acid groups (broad SMARTS) is 1. The molecule has 0 aliphatic heterocycles. The first-order chi connectivity index (χ1) is 13.7. The molecule has 1 N–H and O–H groups in total. The molecule has 0 heterocycles. The minimum Gasteiger partial charge on any atom is -0.478 e. The van der Waals surface area contributed by atoms with Crippen molar-refractivity contribution in [1.29, 1.82) is 0 Å². The number of nitro benzene ring substituents is 2. The highest BCUT2D eigenvalue weighted by Crippen LogP contribution is 2.19. The van der Waals surface area contributed by atoms with E-state index in [0.717, 1.165) is 11.6 Å². The Morgan fingerprint density at radius 3 is 1.66 bits per heavy atom. The predicted octanol–water partition coefficient (Wildman–Crippen LogP) is 3.80. The lowest BCUT2D eigenvalue weighted by Crippen LogP contribution is -2.06. The SMILES string of the molecule is CCc1ccc([N+](=O)[O-])cc1C(=O)O.CCc1ccc([N+](=O)[O-])cc1C(=O)OC. The molecule has 0 spiro atoms. The van der Waals surface area contributed by atoms with Crippen LogP contribution >= 0.6 is 0 Å². The van der Waals surface area contributed by atoms with Gasteiger partial charge in [-0.25, -0.2) is 9.59 Å². The first-order valence-corrected chi connectivity index (χ1v) is 8.52. The van der Waals surface area contributed by atoms with Crippen LogP contribution in [0.25, 0.3) is 0 Å². The summed E-state index contributed by atoms with van der Waals surface area (Å²) in [6, 6.07) is 8.06. The fraction of sp³-hybridized carbons (Fsp3) is 0.263. The number of carboxylic acids is 1. The van der Waals surface area contributed by atoms with Crippen molar-refractivity contribution in [1.82, 2.24) is 0 Å². The molecule has 0 aliphatic carbocycles. The Labute approximate surface area is 166 Å². The third-order valence-electron chi connectivity index (χ3n) is 4.01. The summed E-state index contributed by atoms with van der Waals surface area (Å²) < 4.78 is 4.55. The third-order valence-corrected chi connectivity index (χ3v) is 4.01. The summed E-state index contributed by atoms with van der Waals surface area (Å²) in [7, 11) is 1.25. The van der Waals surface area contributed by atoms with Gasteiger partial charge in [0.05, 0.1) is 28.1 Å². The van der Waals surface area contributed by atoms with Gasteiger partial charge < -0.3 is 9.84 Å². The average molecular weight is 404 g/mol. The van der Waals surface area contributed by atoms with Crippen molar-refractivity contribution < 1.29 is 29.3 Å². The van der Waals surface area contributed by atoms with Gasteiger partial charge in [0.1, 0.15) is 0 Å². The van der Waals surface area contributed by atoms with Crippen LogP contribution < -0.4 is 0 Å². The van der Waals surface area contributed by atoms with E-state index in [4.69, 9.17) is 5.11 Å².